The fourth-order valence-corrected chi connectivity index (χ4v) is 1.04. The van der Waals surface area contributed by atoms with E-state index in [0.717, 1.165) is 0 Å². The first-order valence-corrected chi connectivity index (χ1v) is 5.31. The van der Waals surface area contributed by atoms with Crippen molar-refractivity contribution < 1.29 is 14.3 Å². The molecule has 3 N–H and O–H groups in total. The number of carbonyl (C=O) groups is 2. The third-order valence-corrected chi connectivity index (χ3v) is 2.45. The van der Waals surface area contributed by atoms with E-state index >= 15 is 0 Å². The van der Waals surface area contributed by atoms with Crippen molar-refractivity contribution in [2.24, 2.45) is 11.1 Å². The molecule has 0 spiro atoms. The number of ether oxygens (including phenoxy) is 1. The van der Waals surface area contributed by atoms with Gasteiger partial charge in [-0.1, -0.05) is 20.8 Å². The van der Waals surface area contributed by atoms with E-state index in [0.29, 0.717) is 0 Å². The third kappa shape index (κ3) is 5.11. The molecule has 0 aromatic heterocycles. The number of hydrogen-bond donors (Lipinski definition) is 2. The van der Waals surface area contributed by atoms with Crippen molar-refractivity contribution in [3.63, 3.8) is 0 Å². The topological polar surface area (TPSA) is 81.4 Å². The van der Waals surface area contributed by atoms with Gasteiger partial charge in [-0.2, -0.15) is 0 Å². The fourth-order valence-electron chi connectivity index (χ4n) is 1.04. The maximum atomic E-state index is 11.5. The molecule has 0 aromatic rings. The van der Waals surface area contributed by atoms with Gasteiger partial charge in [0.25, 0.3) is 0 Å². The highest BCUT2D eigenvalue weighted by atomic mass is 16.5. The van der Waals surface area contributed by atoms with Gasteiger partial charge in [-0.3, -0.25) is 4.79 Å². The number of nitrogens with two attached hydrogens (primary N) is 1. The molecule has 0 aliphatic carbocycles. The molecule has 94 valence electrons. The Labute approximate surface area is 96.7 Å². The van der Waals surface area contributed by atoms with E-state index in [1.54, 1.807) is 6.92 Å². The van der Waals surface area contributed by atoms with Gasteiger partial charge in [0.1, 0.15) is 6.04 Å². The normalized spacial score (nSPS) is 15.1. The Morgan fingerprint density at radius 1 is 1.38 bits per heavy atom. The third-order valence-electron chi connectivity index (χ3n) is 2.45. The van der Waals surface area contributed by atoms with E-state index in [9.17, 15) is 9.59 Å². The summed E-state index contributed by atoms with van der Waals surface area (Å²) >= 11 is 0. The summed E-state index contributed by atoms with van der Waals surface area (Å²) in [4.78, 5) is 22.6. The van der Waals surface area contributed by atoms with Crippen LogP contribution >= 0.6 is 0 Å². The van der Waals surface area contributed by atoms with E-state index < -0.39 is 12.0 Å². The number of hydrogen-bond acceptors (Lipinski definition) is 4. The highest BCUT2D eigenvalue weighted by Crippen LogP contribution is 2.19. The Hall–Kier alpha value is -1.10. The summed E-state index contributed by atoms with van der Waals surface area (Å²) in [6.07, 6.45) is 0.199. The first kappa shape index (κ1) is 14.9. The van der Waals surface area contributed by atoms with Crippen LogP contribution in [0.1, 0.15) is 34.1 Å². The van der Waals surface area contributed by atoms with Gasteiger partial charge in [0.05, 0.1) is 7.11 Å². The van der Waals surface area contributed by atoms with Crippen molar-refractivity contribution in [2.45, 2.75) is 46.2 Å². The molecule has 2 atom stereocenters. The van der Waals surface area contributed by atoms with Crippen molar-refractivity contribution in [3.05, 3.63) is 0 Å². The van der Waals surface area contributed by atoms with Gasteiger partial charge in [-0.25, -0.2) is 4.79 Å². The molecule has 0 heterocycles. The van der Waals surface area contributed by atoms with E-state index in [1.165, 1.54) is 7.11 Å². The van der Waals surface area contributed by atoms with Crippen LogP contribution in [0.15, 0.2) is 0 Å². The summed E-state index contributed by atoms with van der Waals surface area (Å²) in [5, 5.41) is 2.54. The summed E-state index contributed by atoms with van der Waals surface area (Å²) in [6, 6.07) is -0.873. The zero-order chi connectivity index (χ0) is 12.9. The molecule has 5 nitrogen and oxygen atoms in total. The lowest BCUT2D eigenvalue weighted by atomic mass is 9.85. The standard InChI is InChI=1S/C11H22N2O3/c1-7(10(15)16-5)13-9(14)6-8(12)11(2,3)4/h7-8H,6,12H2,1-5H3,(H,13,14)/t7-,8?/m0/s1. The van der Waals surface area contributed by atoms with E-state index in [1.807, 2.05) is 20.8 Å². The van der Waals surface area contributed by atoms with Gasteiger partial charge >= 0.3 is 5.97 Å². The zero-order valence-electron chi connectivity index (χ0n) is 10.7. The molecule has 0 aromatic carbocycles. The van der Waals surface area contributed by atoms with E-state index in [2.05, 4.69) is 10.1 Å². The second-order valence-corrected chi connectivity index (χ2v) is 4.99. The van der Waals surface area contributed by atoms with Crippen LogP contribution in [0.5, 0.6) is 0 Å². The SMILES string of the molecule is COC(=O)[C@H](C)NC(=O)CC(N)C(C)(C)C. The summed E-state index contributed by atoms with van der Waals surface area (Å²) in [6.45, 7) is 7.48. The Kier molecular flexibility index (Phi) is 5.44. The minimum Gasteiger partial charge on any atom is -0.467 e. The van der Waals surface area contributed by atoms with Crippen LogP contribution in [0.4, 0.5) is 0 Å². The van der Waals surface area contributed by atoms with Gasteiger partial charge in [-0.05, 0) is 12.3 Å². The predicted molar refractivity (Wildman–Crippen MR) is 61.7 cm³/mol. The number of amides is 1. The molecule has 16 heavy (non-hydrogen) atoms. The number of nitrogens with one attached hydrogen (secondary N) is 1. The Morgan fingerprint density at radius 3 is 2.25 bits per heavy atom. The molecule has 1 unspecified atom stereocenters. The Bertz CT molecular complexity index is 258. The lowest BCUT2D eigenvalue weighted by molar-refractivity contribution is -0.144. The van der Waals surface area contributed by atoms with Crippen LogP contribution in [0, 0.1) is 5.41 Å². The van der Waals surface area contributed by atoms with Crippen molar-refractivity contribution in [3.8, 4) is 0 Å². The Balaban J connectivity index is 4.15. The molecule has 1 amide bonds. The molecule has 0 fully saturated rings. The van der Waals surface area contributed by atoms with Gasteiger partial charge in [0, 0.05) is 12.5 Å². The second-order valence-electron chi connectivity index (χ2n) is 4.99. The van der Waals surface area contributed by atoms with Gasteiger partial charge < -0.3 is 15.8 Å². The maximum Gasteiger partial charge on any atom is 0.328 e. The minimum atomic E-state index is -0.635. The van der Waals surface area contributed by atoms with E-state index in [-0.39, 0.29) is 23.8 Å². The number of rotatable bonds is 4. The lowest BCUT2D eigenvalue weighted by Gasteiger charge is -2.26. The number of carbonyl (C=O) groups excluding carboxylic acids is 2. The predicted octanol–water partition coefficient (Wildman–Crippen LogP) is 0.428. The Morgan fingerprint density at radius 2 is 1.88 bits per heavy atom. The van der Waals surface area contributed by atoms with Crippen molar-refractivity contribution in [2.75, 3.05) is 7.11 Å². The van der Waals surface area contributed by atoms with Crippen LogP contribution in [-0.4, -0.2) is 31.1 Å². The summed E-state index contributed by atoms with van der Waals surface area (Å²) in [7, 11) is 1.28. The van der Waals surface area contributed by atoms with Gasteiger partial charge in [-0.15, -0.1) is 0 Å². The molecule has 0 bridgehead atoms. The molecular formula is C11H22N2O3. The monoisotopic (exact) mass is 230 g/mol. The van der Waals surface area contributed by atoms with Crippen LogP contribution < -0.4 is 11.1 Å². The highest BCUT2D eigenvalue weighted by Gasteiger charge is 2.24. The summed E-state index contributed by atoms with van der Waals surface area (Å²) in [5.41, 5.74) is 5.73. The average Bonchev–Trinajstić information content (AvgIpc) is 2.14. The van der Waals surface area contributed by atoms with E-state index in [4.69, 9.17) is 5.73 Å². The maximum absolute atomic E-state index is 11.5. The summed E-state index contributed by atoms with van der Waals surface area (Å²) < 4.78 is 4.50. The molecule has 0 radical (unpaired) electrons. The highest BCUT2D eigenvalue weighted by molar-refractivity contribution is 5.84. The minimum absolute atomic E-state index is 0.133. The first-order valence-electron chi connectivity index (χ1n) is 5.31. The molecule has 0 aliphatic rings. The molecule has 0 rings (SSSR count). The number of methoxy groups -OCH3 is 1. The molecule has 0 saturated heterocycles. The molecular weight excluding hydrogens is 208 g/mol. The van der Waals surface area contributed by atoms with Crippen LogP contribution in [0.3, 0.4) is 0 Å². The van der Waals surface area contributed by atoms with Crippen molar-refractivity contribution >= 4 is 11.9 Å². The first-order chi connectivity index (χ1) is 7.18. The van der Waals surface area contributed by atoms with Crippen LogP contribution in [0.25, 0.3) is 0 Å². The molecule has 0 saturated carbocycles. The lowest BCUT2D eigenvalue weighted by Crippen LogP contribution is -2.44. The quantitative estimate of drug-likeness (QED) is 0.686. The van der Waals surface area contributed by atoms with Crippen molar-refractivity contribution in [1.29, 1.82) is 0 Å². The average molecular weight is 230 g/mol. The van der Waals surface area contributed by atoms with Crippen molar-refractivity contribution in [1.82, 2.24) is 5.32 Å². The summed E-state index contributed by atoms with van der Waals surface area (Å²) in [5.74, 6) is -0.696. The number of esters is 1. The van der Waals surface area contributed by atoms with Gasteiger partial charge in [0.15, 0.2) is 0 Å². The fraction of sp³-hybridized carbons (Fsp3) is 0.818. The molecule has 5 heteroatoms. The second kappa shape index (κ2) is 5.84. The van der Waals surface area contributed by atoms with Crippen LogP contribution in [0.2, 0.25) is 0 Å². The van der Waals surface area contributed by atoms with Crippen LogP contribution in [-0.2, 0) is 14.3 Å². The largest absolute Gasteiger partial charge is 0.467 e. The smallest absolute Gasteiger partial charge is 0.328 e. The molecule has 0 aliphatic heterocycles. The zero-order valence-corrected chi connectivity index (χ0v) is 10.7. The van der Waals surface area contributed by atoms with Gasteiger partial charge in [0.2, 0.25) is 5.91 Å².